The molecule has 5 heteroatoms. The fourth-order valence-electron chi connectivity index (χ4n) is 2.63. The van der Waals surface area contributed by atoms with Crippen molar-refractivity contribution in [3.8, 4) is 0 Å². The summed E-state index contributed by atoms with van der Waals surface area (Å²) in [6.07, 6.45) is 3.43. The van der Waals surface area contributed by atoms with Gasteiger partial charge < -0.3 is 4.74 Å². The molecule has 1 aromatic rings. The molecule has 2 aliphatic heterocycles. The van der Waals surface area contributed by atoms with Crippen LogP contribution in [-0.4, -0.2) is 47.5 Å². The van der Waals surface area contributed by atoms with E-state index >= 15 is 0 Å². The van der Waals surface area contributed by atoms with Gasteiger partial charge in [0.1, 0.15) is 0 Å². The highest BCUT2D eigenvalue weighted by molar-refractivity contribution is 7.99. The van der Waals surface area contributed by atoms with Crippen LogP contribution in [0.25, 0.3) is 0 Å². The highest BCUT2D eigenvalue weighted by Crippen LogP contribution is 2.28. The van der Waals surface area contributed by atoms with Crippen molar-refractivity contribution in [1.82, 2.24) is 4.90 Å². The van der Waals surface area contributed by atoms with E-state index < -0.39 is 10.8 Å². The van der Waals surface area contributed by atoms with Gasteiger partial charge in [0, 0.05) is 13.1 Å². The largest absolute Gasteiger partial charge is 0.379 e. The smallest absolute Gasteiger partial charge is 0.0984 e. The van der Waals surface area contributed by atoms with Crippen LogP contribution < -0.4 is 0 Å². The van der Waals surface area contributed by atoms with Crippen LogP contribution in [0.5, 0.6) is 0 Å². The van der Waals surface area contributed by atoms with Gasteiger partial charge in [-0.2, -0.15) is 0 Å². The van der Waals surface area contributed by atoms with Gasteiger partial charge in [0.15, 0.2) is 0 Å². The standard InChI is InChI=1S/C15H20N2O2S/c18-20-12-16-14-5-4-13(11-15(14)20)3-1-2-6-17-7-9-19-10-8-17/h4-5,11-12H,1-3,6-10H2. The highest BCUT2D eigenvalue weighted by atomic mass is 32.2. The molecule has 0 radical (unpaired) electrons. The third kappa shape index (κ3) is 3.34. The summed E-state index contributed by atoms with van der Waals surface area (Å²) >= 11 is 0. The molecule has 3 rings (SSSR count). The van der Waals surface area contributed by atoms with Gasteiger partial charge in [0.2, 0.25) is 0 Å². The van der Waals surface area contributed by atoms with E-state index in [1.165, 1.54) is 24.0 Å². The van der Waals surface area contributed by atoms with Gasteiger partial charge in [-0.25, -0.2) is 9.20 Å². The lowest BCUT2D eigenvalue weighted by Gasteiger charge is -2.26. The van der Waals surface area contributed by atoms with Gasteiger partial charge in [-0.1, -0.05) is 6.07 Å². The lowest BCUT2D eigenvalue weighted by molar-refractivity contribution is 0.0372. The van der Waals surface area contributed by atoms with E-state index in [-0.39, 0.29) is 0 Å². The second-order valence-electron chi connectivity index (χ2n) is 5.25. The number of unbranched alkanes of at least 4 members (excludes halogenated alkanes) is 1. The van der Waals surface area contributed by atoms with Gasteiger partial charge in [-0.05, 0) is 43.5 Å². The van der Waals surface area contributed by atoms with Crippen LogP contribution in [0.3, 0.4) is 0 Å². The molecule has 0 spiro atoms. The van der Waals surface area contributed by atoms with Crippen molar-refractivity contribution in [2.24, 2.45) is 4.99 Å². The van der Waals surface area contributed by atoms with Crippen LogP contribution in [0.1, 0.15) is 18.4 Å². The van der Waals surface area contributed by atoms with Crippen molar-refractivity contribution >= 4 is 22.0 Å². The monoisotopic (exact) mass is 292 g/mol. The minimum Gasteiger partial charge on any atom is -0.379 e. The third-order valence-corrected chi connectivity index (χ3v) is 4.88. The minimum absolute atomic E-state index is 0.861. The lowest BCUT2D eigenvalue weighted by atomic mass is 10.1. The molecular weight excluding hydrogens is 272 g/mol. The molecule has 4 nitrogen and oxygen atoms in total. The summed E-state index contributed by atoms with van der Waals surface area (Å²) in [5.41, 5.74) is 3.65. The maximum atomic E-state index is 11.7. The first-order chi connectivity index (χ1) is 9.83. The minimum atomic E-state index is -1.03. The zero-order valence-electron chi connectivity index (χ0n) is 11.6. The number of aryl methyl sites for hydroxylation is 1. The van der Waals surface area contributed by atoms with E-state index in [0.29, 0.717) is 0 Å². The number of hydrogen-bond acceptors (Lipinski definition) is 4. The summed E-state index contributed by atoms with van der Waals surface area (Å²) in [7, 11) is -1.03. The van der Waals surface area contributed by atoms with Crippen LogP contribution in [-0.2, 0) is 22.0 Å². The Labute approximate surface area is 122 Å². The Balaban J connectivity index is 1.45. The van der Waals surface area contributed by atoms with E-state index in [4.69, 9.17) is 4.74 Å². The Morgan fingerprint density at radius 1 is 1.25 bits per heavy atom. The van der Waals surface area contributed by atoms with Crippen LogP contribution in [0.4, 0.5) is 5.69 Å². The van der Waals surface area contributed by atoms with Crippen LogP contribution in [0.2, 0.25) is 0 Å². The number of ether oxygens (including phenoxy) is 1. The summed E-state index contributed by atoms with van der Waals surface area (Å²) < 4.78 is 17.0. The number of morpholine rings is 1. The molecule has 1 atom stereocenters. The lowest BCUT2D eigenvalue weighted by Crippen LogP contribution is -2.36. The van der Waals surface area contributed by atoms with Crippen LogP contribution >= 0.6 is 0 Å². The summed E-state index contributed by atoms with van der Waals surface area (Å²) in [6.45, 7) is 5.03. The molecule has 0 aromatic heterocycles. The van der Waals surface area contributed by atoms with E-state index in [0.717, 1.165) is 49.9 Å². The molecule has 20 heavy (non-hydrogen) atoms. The van der Waals surface area contributed by atoms with Gasteiger partial charge in [-0.3, -0.25) is 4.90 Å². The molecule has 2 aliphatic rings. The Morgan fingerprint density at radius 3 is 2.95 bits per heavy atom. The van der Waals surface area contributed by atoms with Crippen molar-refractivity contribution in [3.05, 3.63) is 23.8 Å². The van der Waals surface area contributed by atoms with E-state index in [1.54, 1.807) is 0 Å². The molecule has 2 heterocycles. The first-order valence-corrected chi connectivity index (χ1v) is 8.42. The zero-order chi connectivity index (χ0) is 13.8. The first-order valence-electron chi connectivity index (χ1n) is 7.21. The number of benzene rings is 1. The Hall–Kier alpha value is -1.04. The molecule has 1 aromatic carbocycles. The number of fused-ring (bicyclic) bond motifs is 1. The summed E-state index contributed by atoms with van der Waals surface area (Å²) in [4.78, 5) is 7.47. The van der Waals surface area contributed by atoms with Gasteiger partial charge >= 0.3 is 0 Å². The normalized spacial score (nSPS) is 22.1. The van der Waals surface area contributed by atoms with E-state index in [1.807, 2.05) is 12.1 Å². The average Bonchev–Trinajstić information content (AvgIpc) is 2.86. The highest BCUT2D eigenvalue weighted by Gasteiger charge is 2.14. The summed E-state index contributed by atoms with van der Waals surface area (Å²) in [5, 5.41) is 0. The molecule has 1 unspecified atom stereocenters. The van der Waals surface area contributed by atoms with Crippen molar-refractivity contribution in [2.75, 3.05) is 32.8 Å². The van der Waals surface area contributed by atoms with Crippen molar-refractivity contribution in [2.45, 2.75) is 24.2 Å². The van der Waals surface area contributed by atoms with Crippen molar-refractivity contribution in [1.29, 1.82) is 0 Å². The topological polar surface area (TPSA) is 41.9 Å². The fraction of sp³-hybridized carbons (Fsp3) is 0.533. The molecular formula is C15H20N2O2S. The Morgan fingerprint density at radius 2 is 2.10 bits per heavy atom. The summed E-state index contributed by atoms with van der Waals surface area (Å²) in [6, 6.07) is 6.13. The molecule has 0 amide bonds. The molecule has 1 saturated heterocycles. The maximum absolute atomic E-state index is 11.7. The van der Waals surface area contributed by atoms with Gasteiger partial charge in [-0.15, -0.1) is 0 Å². The second-order valence-corrected chi connectivity index (χ2v) is 6.49. The number of nitrogens with zero attached hydrogens (tertiary/aromatic N) is 2. The number of rotatable bonds is 5. The average molecular weight is 292 g/mol. The Kier molecular flexibility index (Phi) is 4.60. The summed E-state index contributed by atoms with van der Waals surface area (Å²) in [5.74, 6) is 0. The third-order valence-electron chi connectivity index (χ3n) is 3.82. The van der Waals surface area contributed by atoms with Crippen LogP contribution in [0.15, 0.2) is 28.1 Å². The fourth-order valence-corrected chi connectivity index (χ4v) is 3.55. The molecule has 0 aliphatic carbocycles. The maximum Gasteiger partial charge on any atom is 0.0984 e. The van der Waals surface area contributed by atoms with E-state index in [9.17, 15) is 4.21 Å². The SMILES string of the molecule is O=S1C=Nc2ccc(CCCCN3CCOCC3)cc21. The molecule has 1 fully saturated rings. The predicted octanol–water partition coefficient (Wildman–Crippen LogP) is 2.12. The van der Waals surface area contributed by atoms with Gasteiger partial charge in [0.05, 0.1) is 40.1 Å². The van der Waals surface area contributed by atoms with Crippen molar-refractivity contribution < 1.29 is 8.95 Å². The van der Waals surface area contributed by atoms with E-state index in [2.05, 4.69) is 16.0 Å². The predicted molar refractivity (Wildman–Crippen MR) is 81.2 cm³/mol. The first kappa shape index (κ1) is 13.9. The molecule has 108 valence electrons. The quantitative estimate of drug-likeness (QED) is 0.781. The Bertz CT molecular complexity index is 525. The second kappa shape index (κ2) is 6.61. The van der Waals surface area contributed by atoms with Crippen molar-refractivity contribution in [3.63, 3.8) is 0 Å². The number of hydrogen-bond donors (Lipinski definition) is 0. The van der Waals surface area contributed by atoms with Crippen LogP contribution in [0, 0.1) is 0 Å². The zero-order valence-corrected chi connectivity index (χ0v) is 12.4. The van der Waals surface area contributed by atoms with Gasteiger partial charge in [0.25, 0.3) is 0 Å². The molecule has 0 N–H and O–H groups in total. The molecule has 0 bridgehead atoms. The number of aliphatic imine (C=N–C) groups is 1. The molecule has 0 saturated carbocycles.